The van der Waals surface area contributed by atoms with Crippen molar-refractivity contribution in [3.05, 3.63) is 58.8 Å². The Morgan fingerprint density at radius 1 is 1.27 bits per heavy atom. The molecule has 138 valence electrons. The first-order chi connectivity index (χ1) is 12.3. The minimum Gasteiger partial charge on any atom is -0.341 e. The molecule has 7 heteroatoms. The first-order valence-electron chi connectivity index (χ1n) is 8.52. The quantitative estimate of drug-likeness (QED) is 0.807. The van der Waals surface area contributed by atoms with E-state index in [1.807, 2.05) is 48.9 Å². The molecule has 26 heavy (non-hydrogen) atoms. The van der Waals surface area contributed by atoms with Crippen molar-refractivity contribution in [2.24, 2.45) is 5.92 Å². The van der Waals surface area contributed by atoms with E-state index in [0.717, 1.165) is 22.6 Å². The molecule has 1 aliphatic heterocycles. The summed E-state index contributed by atoms with van der Waals surface area (Å²) in [6.45, 7) is 4.38. The topological polar surface area (TPSA) is 72.3 Å². The van der Waals surface area contributed by atoms with Gasteiger partial charge in [-0.3, -0.25) is 4.79 Å². The lowest BCUT2D eigenvalue weighted by Gasteiger charge is -2.19. The summed E-state index contributed by atoms with van der Waals surface area (Å²) in [4.78, 5) is 14.1. The Balaban J connectivity index is 1.72. The number of hydrogen-bond donors (Lipinski definition) is 0. The summed E-state index contributed by atoms with van der Waals surface area (Å²) in [7, 11) is -1.39. The number of amides is 1. The monoisotopic (exact) mass is 373 g/mol. The van der Waals surface area contributed by atoms with Crippen LogP contribution in [0.5, 0.6) is 0 Å². The van der Waals surface area contributed by atoms with Gasteiger partial charge < -0.3 is 4.90 Å². The number of carbonyl (C=O) groups is 1. The van der Waals surface area contributed by atoms with E-state index in [2.05, 4.69) is 5.10 Å². The Kier molecular flexibility index (Phi) is 5.00. The fourth-order valence-corrected chi connectivity index (χ4v) is 4.60. The summed E-state index contributed by atoms with van der Waals surface area (Å²) in [5.41, 5.74) is 3.87. The zero-order chi connectivity index (χ0) is 18.9. The highest BCUT2D eigenvalue weighted by Crippen LogP contribution is 2.22. The molecule has 0 N–H and O–H groups in total. The van der Waals surface area contributed by atoms with Crippen molar-refractivity contribution in [1.82, 2.24) is 14.7 Å². The summed E-state index contributed by atoms with van der Waals surface area (Å²) >= 11 is 0. The highest BCUT2D eigenvalue weighted by Gasteiger charge is 2.25. The van der Waals surface area contributed by atoms with Crippen LogP contribution < -0.4 is 0 Å². The predicted octanol–water partition coefficient (Wildman–Crippen LogP) is 2.40. The van der Waals surface area contributed by atoms with Gasteiger partial charge >= 0.3 is 0 Å². The number of nitrogens with zero attached hydrogens (tertiary/aromatic N) is 3. The number of para-hydroxylation sites is 1. The summed E-state index contributed by atoms with van der Waals surface area (Å²) in [5.74, 6) is -0.275. The number of sulfone groups is 1. The molecule has 1 amide bonds. The lowest BCUT2D eigenvalue weighted by molar-refractivity contribution is -0.130. The van der Waals surface area contributed by atoms with E-state index in [9.17, 15) is 13.2 Å². The lowest BCUT2D eigenvalue weighted by atomic mass is 10.1. The zero-order valence-corrected chi connectivity index (χ0v) is 16.0. The predicted molar refractivity (Wildman–Crippen MR) is 101 cm³/mol. The number of allylic oxidation sites excluding steroid dienone is 1. The van der Waals surface area contributed by atoms with Crippen LogP contribution in [-0.2, 0) is 21.2 Å². The van der Waals surface area contributed by atoms with Gasteiger partial charge in [0.05, 0.1) is 17.1 Å². The minimum absolute atomic E-state index is 0.0244. The molecule has 1 unspecified atom stereocenters. The number of aryl methyl sites for hydroxylation is 1. The van der Waals surface area contributed by atoms with E-state index in [1.54, 1.807) is 18.0 Å². The van der Waals surface area contributed by atoms with E-state index in [0.29, 0.717) is 6.54 Å². The first kappa shape index (κ1) is 18.4. The molecule has 1 aromatic heterocycles. The summed E-state index contributed by atoms with van der Waals surface area (Å²) < 4.78 is 24.9. The Hall–Kier alpha value is -2.41. The van der Waals surface area contributed by atoms with Crippen molar-refractivity contribution in [2.45, 2.75) is 26.8 Å². The summed E-state index contributed by atoms with van der Waals surface area (Å²) in [5, 5.41) is 5.81. The minimum atomic E-state index is -3.13. The third kappa shape index (κ3) is 3.88. The summed E-state index contributed by atoms with van der Waals surface area (Å²) in [6.07, 6.45) is 1.82. The molecule has 2 aromatic rings. The Bertz CT molecular complexity index is 946. The third-order valence-corrected chi connectivity index (χ3v) is 6.17. The lowest BCUT2D eigenvalue weighted by Crippen LogP contribution is -2.28. The highest BCUT2D eigenvalue weighted by molar-refractivity contribution is 7.94. The Morgan fingerprint density at radius 3 is 2.58 bits per heavy atom. The van der Waals surface area contributed by atoms with Gasteiger partial charge in [-0.25, -0.2) is 13.1 Å². The fraction of sp³-hybridized carbons (Fsp3) is 0.368. The van der Waals surface area contributed by atoms with Gasteiger partial charge in [-0.2, -0.15) is 5.10 Å². The van der Waals surface area contributed by atoms with Gasteiger partial charge in [0.2, 0.25) is 5.91 Å². The molecule has 1 aliphatic rings. The smallest absolute Gasteiger partial charge is 0.223 e. The van der Waals surface area contributed by atoms with E-state index in [1.165, 1.54) is 5.41 Å². The second kappa shape index (κ2) is 7.07. The second-order valence-electron chi connectivity index (χ2n) is 6.77. The number of rotatable bonds is 5. The molecular formula is C19H23N3O3S. The molecule has 0 saturated carbocycles. The SMILES string of the molecule is Cc1nn(-c2ccccc2)c(C)c1CN(C)C(=O)CC1C=CS(=O)(=O)C1. The van der Waals surface area contributed by atoms with Crippen LogP contribution in [0.1, 0.15) is 23.4 Å². The van der Waals surface area contributed by atoms with Gasteiger partial charge in [0.25, 0.3) is 0 Å². The van der Waals surface area contributed by atoms with Gasteiger partial charge in [-0.05, 0) is 26.0 Å². The number of benzene rings is 1. The molecule has 2 heterocycles. The van der Waals surface area contributed by atoms with Crippen LogP contribution in [0.25, 0.3) is 5.69 Å². The number of aromatic nitrogens is 2. The van der Waals surface area contributed by atoms with Crippen LogP contribution >= 0.6 is 0 Å². The molecular weight excluding hydrogens is 350 g/mol. The fourth-order valence-electron chi connectivity index (χ4n) is 3.20. The molecule has 1 aromatic carbocycles. The van der Waals surface area contributed by atoms with Gasteiger partial charge in [0.15, 0.2) is 9.84 Å². The normalized spacial score (nSPS) is 18.2. The van der Waals surface area contributed by atoms with Gasteiger partial charge in [0, 0.05) is 42.6 Å². The molecule has 3 rings (SSSR count). The van der Waals surface area contributed by atoms with Crippen molar-refractivity contribution < 1.29 is 13.2 Å². The van der Waals surface area contributed by atoms with Crippen LogP contribution in [0.4, 0.5) is 0 Å². The summed E-state index contributed by atoms with van der Waals surface area (Å²) in [6, 6.07) is 9.87. The maximum Gasteiger partial charge on any atom is 0.223 e. The molecule has 0 bridgehead atoms. The van der Waals surface area contributed by atoms with Crippen molar-refractivity contribution >= 4 is 15.7 Å². The Labute approximate surface area is 154 Å². The second-order valence-corrected chi connectivity index (χ2v) is 8.70. The van der Waals surface area contributed by atoms with E-state index >= 15 is 0 Å². The van der Waals surface area contributed by atoms with Gasteiger partial charge in [0.1, 0.15) is 0 Å². The first-order valence-corrected chi connectivity index (χ1v) is 10.2. The standard InChI is InChI=1S/C19H23N3O3S/c1-14-18(15(2)22(20-14)17-7-5-4-6-8-17)12-21(3)19(23)11-16-9-10-26(24,25)13-16/h4-10,16H,11-13H2,1-3H3. The Morgan fingerprint density at radius 2 is 1.96 bits per heavy atom. The van der Waals surface area contributed by atoms with Crippen LogP contribution in [0, 0.1) is 19.8 Å². The highest BCUT2D eigenvalue weighted by atomic mass is 32.2. The van der Waals surface area contributed by atoms with Crippen molar-refractivity contribution in [3.63, 3.8) is 0 Å². The molecule has 1 atom stereocenters. The van der Waals surface area contributed by atoms with Gasteiger partial charge in [-0.15, -0.1) is 0 Å². The van der Waals surface area contributed by atoms with E-state index in [-0.39, 0.29) is 24.0 Å². The molecule has 0 saturated heterocycles. The van der Waals surface area contributed by atoms with Gasteiger partial charge in [-0.1, -0.05) is 24.3 Å². The third-order valence-electron chi connectivity index (χ3n) is 4.70. The maximum atomic E-state index is 12.5. The molecule has 0 spiro atoms. The van der Waals surface area contributed by atoms with Crippen LogP contribution in [-0.4, -0.2) is 41.8 Å². The largest absolute Gasteiger partial charge is 0.341 e. The molecule has 6 nitrogen and oxygen atoms in total. The zero-order valence-electron chi connectivity index (χ0n) is 15.2. The van der Waals surface area contributed by atoms with Crippen LogP contribution in [0.2, 0.25) is 0 Å². The maximum absolute atomic E-state index is 12.5. The van der Waals surface area contributed by atoms with Crippen LogP contribution in [0.3, 0.4) is 0 Å². The van der Waals surface area contributed by atoms with E-state index in [4.69, 9.17) is 0 Å². The number of hydrogen-bond acceptors (Lipinski definition) is 4. The molecule has 0 radical (unpaired) electrons. The van der Waals surface area contributed by atoms with E-state index < -0.39 is 9.84 Å². The van der Waals surface area contributed by atoms with Crippen LogP contribution in [0.15, 0.2) is 41.8 Å². The molecule has 0 aliphatic carbocycles. The van der Waals surface area contributed by atoms with Crippen molar-refractivity contribution in [2.75, 3.05) is 12.8 Å². The average molecular weight is 373 g/mol. The molecule has 0 fully saturated rings. The average Bonchev–Trinajstić information content (AvgIpc) is 3.08. The number of carbonyl (C=O) groups excluding carboxylic acids is 1. The van der Waals surface area contributed by atoms with Crippen molar-refractivity contribution in [1.29, 1.82) is 0 Å². The van der Waals surface area contributed by atoms with Crippen molar-refractivity contribution in [3.8, 4) is 5.69 Å².